The number of rotatable bonds is 4. The van der Waals surface area contributed by atoms with E-state index in [-0.39, 0.29) is 11.6 Å². The Kier molecular flexibility index (Phi) is 4.99. The molecule has 0 unspecified atom stereocenters. The maximum Gasteiger partial charge on any atom is 0.142 e. The molecular formula is C22H20FN3. The lowest BCUT2D eigenvalue weighted by Gasteiger charge is -2.11. The predicted octanol–water partition coefficient (Wildman–Crippen LogP) is 5.21. The van der Waals surface area contributed by atoms with Crippen molar-refractivity contribution in [1.29, 1.82) is 5.26 Å². The number of nitriles is 1. The molecule has 0 aliphatic rings. The number of aromatic nitrogens is 1. The quantitative estimate of drug-likeness (QED) is 0.706. The minimum Gasteiger partial charge on any atom is -0.383 e. The van der Waals surface area contributed by atoms with Gasteiger partial charge in [-0.05, 0) is 41.7 Å². The van der Waals surface area contributed by atoms with E-state index in [1.807, 2.05) is 18.2 Å². The summed E-state index contributed by atoms with van der Waals surface area (Å²) in [5, 5.41) is 9.45. The van der Waals surface area contributed by atoms with E-state index in [0.717, 1.165) is 17.5 Å². The van der Waals surface area contributed by atoms with Crippen LogP contribution in [0, 0.1) is 23.1 Å². The van der Waals surface area contributed by atoms with Crippen molar-refractivity contribution in [3.8, 4) is 28.5 Å². The highest BCUT2D eigenvalue weighted by Gasteiger charge is 2.13. The fraction of sp³-hybridized carbons (Fsp3) is 0.182. The Balaban J connectivity index is 2.06. The van der Waals surface area contributed by atoms with Gasteiger partial charge in [0.05, 0.1) is 5.69 Å². The van der Waals surface area contributed by atoms with Crippen molar-refractivity contribution in [3.05, 3.63) is 71.5 Å². The first kappa shape index (κ1) is 17.6. The van der Waals surface area contributed by atoms with Crippen molar-refractivity contribution in [2.75, 3.05) is 5.73 Å². The van der Waals surface area contributed by atoms with Gasteiger partial charge < -0.3 is 5.73 Å². The van der Waals surface area contributed by atoms with Gasteiger partial charge in [0, 0.05) is 11.1 Å². The summed E-state index contributed by atoms with van der Waals surface area (Å²) in [6, 6.07) is 18.2. The van der Waals surface area contributed by atoms with Gasteiger partial charge in [0.25, 0.3) is 0 Å². The minimum atomic E-state index is -0.324. The molecule has 0 aliphatic heterocycles. The Labute approximate surface area is 152 Å². The molecule has 26 heavy (non-hydrogen) atoms. The van der Waals surface area contributed by atoms with E-state index in [9.17, 15) is 9.65 Å². The average Bonchev–Trinajstić information content (AvgIpc) is 2.62. The molecule has 0 radical (unpaired) electrons. The zero-order chi connectivity index (χ0) is 18.7. The number of nitrogens with zero attached hydrogens (tertiary/aromatic N) is 2. The number of hydrogen-bond donors (Lipinski definition) is 1. The maximum absolute atomic E-state index is 13.2. The molecule has 0 amide bonds. The number of benzene rings is 2. The van der Waals surface area contributed by atoms with Gasteiger partial charge in [-0.25, -0.2) is 9.37 Å². The molecule has 4 heteroatoms. The smallest absolute Gasteiger partial charge is 0.142 e. The van der Waals surface area contributed by atoms with Gasteiger partial charge in [-0.1, -0.05) is 50.2 Å². The summed E-state index contributed by atoms with van der Waals surface area (Å²) in [6.45, 7) is 4.37. The Morgan fingerprint density at radius 2 is 1.65 bits per heavy atom. The molecule has 3 nitrogen and oxygen atoms in total. The summed E-state index contributed by atoms with van der Waals surface area (Å²) >= 11 is 0. The number of nitrogen functional groups attached to an aromatic ring is 1. The van der Waals surface area contributed by atoms with Crippen LogP contribution >= 0.6 is 0 Å². The van der Waals surface area contributed by atoms with Crippen LogP contribution in [-0.4, -0.2) is 4.98 Å². The van der Waals surface area contributed by atoms with Crippen molar-refractivity contribution >= 4 is 5.82 Å². The molecule has 0 fully saturated rings. The summed E-state index contributed by atoms with van der Waals surface area (Å²) in [5.41, 5.74) is 10.6. The molecule has 1 heterocycles. The average molecular weight is 345 g/mol. The van der Waals surface area contributed by atoms with Gasteiger partial charge >= 0.3 is 0 Å². The van der Waals surface area contributed by atoms with Crippen LogP contribution in [0.15, 0.2) is 54.6 Å². The monoisotopic (exact) mass is 345 g/mol. The van der Waals surface area contributed by atoms with Gasteiger partial charge in [-0.15, -0.1) is 0 Å². The lowest BCUT2D eigenvalue weighted by Crippen LogP contribution is -2.00. The predicted molar refractivity (Wildman–Crippen MR) is 103 cm³/mol. The summed E-state index contributed by atoms with van der Waals surface area (Å²) in [4.78, 5) is 4.39. The fourth-order valence-corrected chi connectivity index (χ4v) is 2.97. The van der Waals surface area contributed by atoms with E-state index < -0.39 is 0 Å². The number of hydrogen-bond acceptors (Lipinski definition) is 3. The van der Waals surface area contributed by atoms with Gasteiger partial charge in [0.1, 0.15) is 23.3 Å². The third kappa shape index (κ3) is 3.73. The molecule has 0 saturated carbocycles. The highest BCUT2D eigenvalue weighted by molar-refractivity contribution is 5.80. The number of nitrogens with two attached hydrogens (primary N) is 1. The zero-order valence-electron chi connectivity index (χ0n) is 14.8. The molecule has 0 spiro atoms. The Bertz CT molecular complexity index is 952. The summed E-state index contributed by atoms with van der Waals surface area (Å²) in [6.07, 6.45) is 1.02. The normalized spacial score (nSPS) is 10.7. The van der Waals surface area contributed by atoms with Crippen LogP contribution in [0.3, 0.4) is 0 Å². The Hall–Kier alpha value is -3.19. The molecule has 1 aromatic heterocycles. The van der Waals surface area contributed by atoms with Crippen molar-refractivity contribution in [2.24, 2.45) is 5.92 Å². The SMILES string of the molecule is CC(C)Cc1ccc(-c2cc(-c3ccc(F)cc3)c(C#N)c(N)n2)cc1. The zero-order valence-corrected chi connectivity index (χ0v) is 14.8. The van der Waals surface area contributed by atoms with Crippen LogP contribution in [0.4, 0.5) is 10.2 Å². The van der Waals surface area contributed by atoms with E-state index in [2.05, 4.69) is 37.0 Å². The van der Waals surface area contributed by atoms with E-state index >= 15 is 0 Å². The van der Waals surface area contributed by atoms with E-state index in [1.165, 1.54) is 17.7 Å². The van der Waals surface area contributed by atoms with Crippen LogP contribution in [0.25, 0.3) is 22.4 Å². The first-order valence-electron chi connectivity index (χ1n) is 8.54. The van der Waals surface area contributed by atoms with Crippen molar-refractivity contribution < 1.29 is 4.39 Å². The Morgan fingerprint density at radius 1 is 1.04 bits per heavy atom. The molecule has 0 atom stereocenters. The van der Waals surface area contributed by atoms with Gasteiger partial charge in [-0.3, -0.25) is 0 Å². The maximum atomic E-state index is 13.2. The highest BCUT2D eigenvalue weighted by Crippen LogP contribution is 2.31. The first-order valence-corrected chi connectivity index (χ1v) is 8.54. The molecular weight excluding hydrogens is 325 g/mol. The van der Waals surface area contributed by atoms with Crippen molar-refractivity contribution in [2.45, 2.75) is 20.3 Å². The molecule has 3 aromatic rings. The number of pyridine rings is 1. The van der Waals surface area contributed by atoms with Crippen LogP contribution in [0.2, 0.25) is 0 Å². The van der Waals surface area contributed by atoms with E-state index in [1.54, 1.807) is 12.1 Å². The minimum absolute atomic E-state index is 0.176. The number of anilines is 1. The lowest BCUT2D eigenvalue weighted by molar-refractivity contribution is 0.628. The Morgan fingerprint density at radius 3 is 2.23 bits per heavy atom. The molecule has 0 aliphatic carbocycles. The summed E-state index contributed by atoms with van der Waals surface area (Å²) < 4.78 is 13.2. The van der Waals surface area contributed by atoms with Crippen LogP contribution < -0.4 is 5.73 Å². The van der Waals surface area contributed by atoms with Crippen LogP contribution in [-0.2, 0) is 6.42 Å². The second-order valence-corrected chi connectivity index (χ2v) is 6.73. The molecule has 2 aromatic carbocycles. The third-order valence-corrected chi connectivity index (χ3v) is 4.21. The third-order valence-electron chi connectivity index (χ3n) is 4.21. The summed E-state index contributed by atoms with van der Waals surface area (Å²) in [5.74, 6) is 0.445. The fourth-order valence-electron chi connectivity index (χ4n) is 2.97. The van der Waals surface area contributed by atoms with Crippen molar-refractivity contribution in [1.82, 2.24) is 4.98 Å². The summed E-state index contributed by atoms with van der Waals surface area (Å²) in [7, 11) is 0. The number of halogens is 1. The van der Waals surface area contributed by atoms with Gasteiger partial charge in [0.15, 0.2) is 0 Å². The van der Waals surface area contributed by atoms with Crippen LogP contribution in [0.5, 0.6) is 0 Å². The molecule has 0 saturated heterocycles. The second-order valence-electron chi connectivity index (χ2n) is 6.73. The van der Waals surface area contributed by atoms with E-state index in [4.69, 9.17) is 5.73 Å². The molecule has 0 bridgehead atoms. The standard InChI is InChI=1S/C22H20FN3/c1-14(2)11-15-3-5-17(6-4-15)21-12-19(20(13-24)22(25)26-21)16-7-9-18(23)10-8-16/h3-10,12,14H,11H2,1-2H3,(H2,25,26). The molecule has 2 N–H and O–H groups in total. The molecule has 3 rings (SSSR count). The van der Waals surface area contributed by atoms with Crippen molar-refractivity contribution in [3.63, 3.8) is 0 Å². The lowest BCUT2D eigenvalue weighted by atomic mass is 9.97. The topological polar surface area (TPSA) is 62.7 Å². The van der Waals surface area contributed by atoms with Gasteiger partial charge in [0.2, 0.25) is 0 Å². The first-order chi connectivity index (χ1) is 12.5. The molecule has 130 valence electrons. The largest absolute Gasteiger partial charge is 0.383 e. The highest BCUT2D eigenvalue weighted by atomic mass is 19.1. The second kappa shape index (κ2) is 7.37. The van der Waals surface area contributed by atoms with Crippen LogP contribution in [0.1, 0.15) is 25.0 Å². The van der Waals surface area contributed by atoms with E-state index in [0.29, 0.717) is 22.7 Å². The van der Waals surface area contributed by atoms with Gasteiger partial charge in [-0.2, -0.15) is 5.26 Å².